The van der Waals surface area contributed by atoms with Gasteiger partial charge >= 0.3 is 0 Å². The van der Waals surface area contributed by atoms with Crippen LogP contribution in [0.1, 0.15) is 44.9 Å². The first-order chi connectivity index (χ1) is 11.5. The van der Waals surface area contributed by atoms with Crippen LogP contribution in [0.3, 0.4) is 0 Å². The number of hydrogen-bond donors (Lipinski definition) is 3. The van der Waals surface area contributed by atoms with E-state index in [1.807, 2.05) is 0 Å². The van der Waals surface area contributed by atoms with Gasteiger partial charge in [0.05, 0.1) is 18.2 Å². The summed E-state index contributed by atoms with van der Waals surface area (Å²) in [5, 5.41) is 15.0. The fourth-order valence-electron chi connectivity index (χ4n) is 3.64. The maximum Gasteiger partial charge on any atom is 0.224 e. The maximum absolute atomic E-state index is 12.0. The van der Waals surface area contributed by atoms with Crippen molar-refractivity contribution in [3.05, 3.63) is 24.3 Å². The molecule has 3 N–H and O–H groups in total. The zero-order valence-electron chi connectivity index (χ0n) is 13.7. The second-order valence-corrected chi connectivity index (χ2v) is 6.77. The van der Waals surface area contributed by atoms with Gasteiger partial charge in [-0.05, 0) is 31.4 Å². The molecule has 1 aromatic rings. The van der Waals surface area contributed by atoms with Gasteiger partial charge in [-0.25, -0.2) is 0 Å². The number of rotatable bonds is 5. The summed E-state index contributed by atoms with van der Waals surface area (Å²) < 4.78 is 5.91. The molecule has 0 aromatic heterocycles. The number of amides is 2. The van der Waals surface area contributed by atoms with Gasteiger partial charge in [-0.1, -0.05) is 18.9 Å². The summed E-state index contributed by atoms with van der Waals surface area (Å²) in [5.74, 6) is -0.275. The van der Waals surface area contributed by atoms with Gasteiger partial charge in [0.25, 0.3) is 0 Å². The minimum Gasteiger partial charge on any atom is -0.508 e. The van der Waals surface area contributed by atoms with E-state index < -0.39 is 0 Å². The largest absolute Gasteiger partial charge is 0.508 e. The van der Waals surface area contributed by atoms with Gasteiger partial charge in [0.2, 0.25) is 11.8 Å². The Hall–Kier alpha value is -2.08. The number of phenolic OH excluding ortho intramolecular Hbond substituents is 1. The van der Waals surface area contributed by atoms with Crippen LogP contribution in [0.4, 0.5) is 5.69 Å². The number of phenols is 1. The highest BCUT2D eigenvalue weighted by molar-refractivity contribution is 5.93. The Morgan fingerprint density at radius 3 is 2.71 bits per heavy atom. The minimum atomic E-state index is -0.245. The summed E-state index contributed by atoms with van der Waals surface area (Å²) >= 11 is 0. The molecule has 2 fully saturated rings. The first-order valence-electron chi connectivity index (χ1n) is 8.57. The molecule has 0 bridgehead atoms. The third-order valence-electron chi connectivity index (χ3n) is 4.80. The topological polar surface area (TPSA) is 87.7 Å². The van der Waals surface area contributed by atoms with Crippen molar-refractivity contribution in [2.24, 2.45) is 0 Å². The van der Waals surface area contributed by atoms with E-state index in [0.29, 0.717) is 12.3 Å². The Balaban J connectivity index is 1.39. The minimum absolute atomic E-state index is 0.00929. The lowest BCUT2D eigenvalue weighted by atomic mass is 9.96. The van der Waals surface area contributed by atoms with Crippen molar-refractivity contribution in [2.75, 3.05) is 11.9 Å². The monoisotopic (exact) mass is 332 g/mol. The van der Waals surface area contributed by atoms with E-state index in [1.54, 1.807) is 12.1 Å². The fraction of sp³-hybridized carbons (Fsp3) is 0.556. The molecular formula is C18H24N2O4. The van der Waals surface area contributed by atoms with E-state index in [1.165, 1.54) is 25.0 Å². The fourth-order valence-corrected chi connectivity index (χ4v) is 3.64. The normalized spacial score (nSPS) is 21.8. The Morgan fingerprint density at radius 2 is 1.96 bits per heavy atom. The van der Waals surface area contributed by atoms with Gasteiger partial charge in [-0.2, -0.15) is 0 Å². The van der Waals surface area contributed by atoms with Crippen molar-refractivity contribution in [1.82, 2.24) is 5.32 Å². The van der Waals surface area contributed by atoms with Gasteiger partial charge in [0.1, 0.15) is 5.75 Å². The Bertz CT molecular complexity index is 611. The molecule has 1 unspecified atom stereocenters. The highest BCUT2D eigenvalue weighted by Crippen LogP contribution is 2.40. The van der Waals surface area contributed by atoms with Crippen molar-refractivity contribution in [3.63, 3.8) is 0 Å². The molecule has 1 aliphatic carbocycles. The van der Waals surface area contributed by atoms with Crippen molar-refractivity contribution in [1.29, 1.82) is 0 Å². The molecule has 6 nitrogen and oxygen atoms in total. The van der Waals surface area contributed by atoms with E-state index in [9.17, 15) is 14.7 Å². The summed E-state index contributed by atoms with van der Waals surface area (Å²) in [4.78, 5) is 23.9. The van der Waals surface area contributed by atoms with Crippen LogP contribution in [0.25, 0.3) is 0 Å². The van der Waals surface area contributed by atoms with E-state index in [0.717, 1.165) is 19.3 Å². The van der Waals surface area contributed by atoms with E-state index in [-0.39, 0.29) is 42.0 Å². The Kier molecular flexibility index (Phi) is 5.04. The molecule has 6 heteroatoms. The Labute approximate surface area is 141 Å². The standard InChI is InChI=1S/C18H24N2O4/c21-15-5-3-4-13(10-15)19-16(22)6-7-17(23)20-14-11-18(24-12-14)8-1-2-9-18/h3-5,10,14,21H,1-2,6-9,11-12H2,(H,19,22)(H,20,23). The molecule has 1 heterocycles. The number of benzene rings is 1. The molecule has 1 atom stereocenters. The average Bonchev–Trinajstić information content (AvgIpc) is 3.16. The van der Waals surface area contributed by atoms with Crippen LogP contribution in [0, 0.1) is 0 Å². The zero-order valence-corrected chi connectivity index (χ0v) is 13.7. The summed E-state index contributed by atoms with van der Waals surface area (Å²) in [6.07, 6.45) is 5.73. The first kappa shape index (κ1) is 16.8. The van der Waals surface area contributed by atoms with Crippen LogP contribution in [-0.4, -0.2) is 35.2 Å². The first-order valence-corrected chi connectivity index (χ1v) is 8.57. The lowest BCUT2D eigenvalue weighted by molar-refractivity contribution is -0.124. The third-order valence-corrected chi connectivity index (χ3v) is 4.80. The number of hydrogen-bond acceptors (Lipinski definition) is 4. The second-order valence-electron chi connectivity index (χ2n) is 6.77. The van der Waals surface area contributed by atoms with Gasteiger partial charge < -0.3 is 20.5 Å². The maximum atomic E-state index is 12.0. The molecule has 2 amide bonds. The quantitative estimate of drug-likeness (QED) is 0.772. The molecule has 130 valence electrons. The highest BCUT2D eigenvalue weighted by atomic mass is 16.5. The van der Waals surface area contributed by atoms with Crippen LogP contribution in [-0.2, 0) is 14.3 Å². The number of nitrogens with one attached hydrogen (secondary N) is 2. The van der Waals surface area contributed by atoms with Crippen LogP contribution in [0.2, 0.25) is 0 Å². The van der Waals surface area contributed by atoms with E-state index in [2.05, 4.69) is 10.6 Å². The SMILES string of the molecule is O=C(CCC(=O)NC1COC2(CCCC2)C1)Nc1cccc(O)c1. The summed E-state index contributed by atoms with van der Waals surface area (Å²) in [5.41, 5.74) is 0.512. The van der Waals surface area contributed by atoms with Gasteiger partial charge in [0, 0.05) is 24.6 Å². The molecule has 1 saturated heterocycles. The van der Waals surface area contributed by atoms with Crippen molar-refractivity contribution < 1.29 is 19.4 Å². The number of carbonyl (C=O) groups excluding carboxylic acids is 2. The molecule has 0 radical (unpaired) electrons. The summed E-state index contributed by atoms with van der Waals surface area (Å²) in [6.45, 7) is 0.571. The molecule has 1 saturated carbocycles. The lowest BCUT2D eigenvalue weighted by Gasteiger charge is -2.21. The smallest absolute Gasteiger partial charge is 0.224 e. The molecule has 24 heavy (non-hydrogen) atoms. The van der Waals surface area contributed by atoms with Gasteiger partial charge in [-0.3, -0.25) is 9.59 Å². The number of ether oxygens (including phenoxy) is 1. The van der Waals surface area contributed by atoms with Crippen LogP contribution >= 0.6 is 0 Å². The second kappa shape index (κ2) is 7.21. The molecule has 1 spiro atoms. The van der Waals surface area contributed by atoms with Crippen molar-refractivity contribution in [3.8, 4) is 5.75 Å². The number of aromatic hydroxyl groups is 1. The molecule has 1 aliphatic heterocycles. The van der Waals surface area contributed by atoms with Crippen molar-refractivity contribution in [2.45, 2.75) is 56.6 Å². The Morgan fingerprint density at radius 1 is 1.21 bits per heavy atom. The molecule has 2 aliphatic rings. The van der Waals surface area contributed by atoms with Crippen molar-refractivity contribution >= 4 is 17.5 Å². The van der Waals surface area contributed by atoms with Crippen LogP contribution < -0.4 is 10.6 Å². The summed E-state index contributed by atoms with van der Waals surface area (Å²) in [6, 6.07) is 6.40. The predicted molar refractivity (Wildman–Crippen MR) is 89.7 cm³/mol. The average molecular weight is 332 g/mol. The van der Waals surface area contributed by atoms with Gasteiger partial charge in [-0.15, -0.1) is 0 Å². The van der Waals surface area contributed by atoms with E-state index >= 15 is 0 Å². The molecule has 1 aromatic carbocycles. The molecular weight excluding hydrogens is 308 g/mol. The zero-order chi connectivity index (χ0) is 17.0. The van der Waals surface area contributed by atoms with Crippen LogP contribution in [0.15, 0.2) is 24.3 Å². The third kappa shape index (κ3) is 4.26. The number of anilines is 1. The highest BCUT2D eigenvalue weighted by Gasteiger charge is 2.42. The lowest BCUT2D eigenvalue weighted by Crippen LogP contribution is -2.36. The number of carbonyl (C=O) groups is 2. The van der Waals surface area contributed by atoms with Crippen LogP contribution in [0.5, 0.6) is 5.75 Å². The predicted octanol–water partition coefficient (Wildman–Crippen LogP) is 2.33. The molecule has 3 rings (SSSR count). The van der Waals surface area contributed by atoms with E-state index in [4.69, 9.17) is 4.74 Å². The van der Waals surface area contributed by atoms with Gasteiger partial charge in [0.15, 0.2) is 0 Å². The summed E-state index contributed by atoms with van der Waals surface area (Å²) in [7, 11) is 0.